The highest BCUT2D eigenvalue weighted by Crippen LogP contribution is 2.39. The van der Waals surface area contributed by atoms with Crippen molar-refractivity contribution in [3.8, 4) is 0 Å². The molecule has 0 unspecified atom stereocenters. The summed E-state index contributed by atoms with van der Waals surface area (Å²) < 4.78 is 21.2. The largest absolute Gasteiger partial charge is 0.465 e. The van der Waals surface area contributed by atoms with E-state index in [2.05, 4.69) is 15.4 Å². The van der Waals surface area contributed by atoms with E-state index < -0.39 is 23.7 Å². The van der Waals surface area contributed by atoms with Gasteiger partial charge >= 0.3 is 5.97 Å². The number of hydrogen-bond donors (Lipinski definition) is 1. The minimum atomic E-state index is -0.712. The van der Waals surface area contributed by atoms with E-state index >= 15 is 0 Å². The fourth-order valence-electron chi connectivity index (χ4n) is 2.97. The SMILES string of the molecule is CC/C=C1\Nc2ncnn2[C@@H](c2ccccc2F)[C@@H]1C(=O)OCC. The van der Waals surface area contributed by atoms with Crippen molar-refractivity contribution in [3.63, 3.8) is 0 Å². The Kier molecular flexibility index (Phi) is 4.59. The van der Waals surface area contributed by atoms with Gasteiger partial charge < -0.3 is 10.1 Å². The van der Waals surface area contributed by atoms with E-state index in [1.807, 2.05) is 13.0 Å². The number of esters is 1. The first-order valence-corrected chi connectivity index (χ1v) is 7.95. The number of aromatic nitrogens is 3. The molecule has 2 heterocycles. The van der Waals surface area contributed by atoms with E-state index in [1.54, 1.807) is 25.1 Å². The Labute approximate surface area is 139 Å². The van der Waals surface area contributed by atoms with Gasteiger partial charge in [0.25, 0.3) is 0 Å². The van der Waals surface area contributed by atoms with Crippen LogP contribution in [0.25, 0.3) is 0 Å². The topological polar surface area (TPSA) is 69.0 Å². The number of rotatable bonds is 4. The van der Waals surface area contributed by atoms with Gasteiger partial charge in [-0.25, -0.2) is 9.07 Å². The molecule has 126 valence electrons. The minimum Gasteiger partial charge on any atom is -0.465 e. The van der Waals surface area contributed by atoms with Crippen LogP contribution in [0.5, 0.6) is 0 Å². The van der Waals surface area contributed by atoms with Crippen LogP contribution >= 0.6 is 0 Å². The molecule has 0 fully saturated rings. The van der Waals surface area contributed by atoms with Crippen LogP contribution in [0.3, 0.4) is 0 Å². The van der Waals surface area contributed by atoms with Crippen molar-refractivity contribution in [2.24, 2.45) is 5.92 Å². The summed E-state index contributed by atoms with van der Waals surface area (Å²) in [5.74, 6) is -1.05. The Hall–Kier alpha value is -2.70. The molecule has 0 amide bonds. The number of carbonyl (C=O) groups excluding carboxylic acids is 1. The van der Waals surface area contributed by atoms with Gasteiger partial charge in [0.1, 0.15) is 24.1 Å². The highest BCUT2D eigenvalue weighted by Gasteiger charge is 2.42. The lowest BCUT2D eigenvalue weighted by Gasteiger charge is -2.33. The zero-order valence-corrected chi connectivity index (χ0v) is 13.6. The standard InChI is InChI=1S/C17H19FN4O2/c1-3-7-13-14(16(23)24-4-2)15(11-8-5-6-9-12(11)18)22-17(21-13)19-10-20-22/h5-10,14-15H,3-4H2,1-2H3,(H,19,20,21)/b13-7-/t14-,15+/m1/s1. The zero-order chi connectivity index (χ0) is 17.1. The van der Waals surface area contributed by atoms with Gasteiger partial charge in [-0.2, -0.15) is 10.1 Å². The second-order valence-electron chi connectivity index (χ2n) is 5.42. The molecule has 1 aliphatic rings. The molecule has 1 aromatic carbocycles. The molecule has 0 saturated carbocycles. The number of nitrogens with one attached hydrogen (secondary N) is 1. The molecule has 0 saturated heterocycles. The number of fused-ring (bicyclic) bond motifs is 1. The smallest absolute Gasteiger partial charge is 0.317 e. The summed E-state index contributed by atoms with van der Waals surface area (Å²) in [5, 5.41) is 7.30. The van der Waals surface area contributed by atoms with Crippen molar-refractivity contribution in [3.05, 3.63) is 53.7 Å². The number of halogens is 1. The molecule has 1 N–H and O–H groups in total. The molecule has 1 aliphatic heterocycles. The van der Waals surface area contributed by atoms with Crippen LogP contribution in [-0.4, -0.2) is 27.3 Å². The van der Waals surface area contributed by atoms with Gasteiger partial charge in [-0.05, 0) is 19.4 Å². The Morgan fingerprint density at radius 3 is 2.92 bits per heavy atom. The number of carbonyl (C=O) groups is 1. The molecule has 24 heavy (non-hydrogen) atoms. The van der Waals surface area contributed by atoms with Gasteiger partial charge in [0.2, 0.25) is 5.95 Å². The molecular formula is C17H19FN4O2. The predicted molar refractivity (Wildman–Crippen MR) is 86.7 cm³/mol. The van der Waals surface area contributed by atoms with E-state index in [-0.39, 0.29) is 6.61 Å². The maximum atomic E-state index is 14.5. The van der Waals surface area contributed by atoms with Crippen molar-refractivity contribution >= 4 is 11.9 Å². The van der Waals surface area contributed by atoms with Crippen molar-refractivity contribution in [2.75, 3.05) is 11.9 Å². The highest BCUT2D eigenvalue weighted by atomic mass is 19.1. The maximum absolute atomic E-state index is 14.5. The molecule has 1 aromatic heterocycles. The summed E-state index contributed by atoms with van der Waals surface area (Å²) in [4.78, 5) is 16.8. The monoisotopic (exact) mass is 330 g/mol. The van der Waals surface area contributed by atoms with Gasteiger partial charge in [0.15, 0.2) is 0 Å². The predicted octanol–water partition coefficient (Wildman–Crippen LogP) is 2.91. The van der Waals surface area contributed by atoms with Crippen LogP contribution in [0.15, 0.2) is 42.4 Å². The van der Waals surface area contributed by atoms with Crippen LogP contribution in [0, 0.1) is 11.7 Å². The van der Waals surface area contributed by atoms with Gasteiger partial charge in [-0.1, -0.05) is 31.2 Å². The Morgan fingerprint density at radius 1 is 1.42 bits per heavy atom. The van der Waals surface area contributed by atoms with E-state index in [0.29, 0.717) is 17.2 Å². The number of anilines is 1. The molecule has 0 bridgehead atoms. The van der Waals surface area contributed by atoms with Crippen LogP contribution in [0.4, 0.5) is 10.3 Å². The second kappa shape index (κ2) is 6.82. The number of ether oxygens (including phenoxy) is 1. The zero-order valence-electron chi connectivity index (χ0n) is 13.6. The van der Waals surface area contributed by atoms with Gasteiger partial charge in [0, 0.05) is 11.3 Å². The van der Waals surface area contributed by atoms with E-state index in [9.17, 15) is 9.18 Å². The minimum absolute atomic E-state index is 0.253. The van der Waals surface area contributed by atoms with Crippen LogP contribution < -0.4 is 5.32 Å². The third kappa shape index (κ3) is 2.77. The summed E-state index contributed by atoms with van der Waals surface area (Å²) in [5.41, 5.74) is 1.04. The summed E-state index contributed by atoms with van der Waals surface area (Å²) in [6.45, 7) is 3.97. The van der Waals surface area contributed by atoms with Gasteiger partial charge in [-0.3, -0.25) is 4.79 Å². The number of nitrogens with zero attached hydrogens (tertiary/aromatic N) is 3. The summed E-state index contributed by atoms with van der Waals surface area (Å²) in [7, 11) is 0. The van der Waals surface area contributed by atoms with Crippen molar-refractivity contribution in [2.45, 2.75) is 26.3 Å². The molecule has 0 aliphatic carbocycles. The lowest BCUT2D eigenvalue weighted by molar-refractivity contribution is -0.147. The van der Waals surface area contributed by atoms with Crippen molar-refractivity contribution in [1.29, 1.82) is 0 Å². The number of hydrogen-bond acceptors (Lipinski definition) is 5. The molecule has 3 rings (SSSR count). The van der Waals surface area contributed by atoms with Crippen LogP contribution in [0.2, 0.25) is 0 Å². The molecular weight excluding hydrogens is 311 g/mol. The fraction of sp³-hybridized carbons (Fsp3) is 0.353. The Bertz CT molecular complexity index is 771. The first-order valence-electron chi connectivity index (χ1n) is 7.95. The first kappa shape index (κ1) is 16.2. The Morgan fingerprint density at radius 2 is 2.21 bits per heavy atom. The van der Waals surface area contributed by atoms with Crippen LogP contribution in [0.1, 0.15) is 31.9 Å². The average molecular weight is 330 g/mol. The molecule has 6 nitrogen and oxygen atoms in total. The molecule has 0 radical (unpaired) electrons. The number of benzene rings is 1. The van der Waals surface area contributed by atoms with Gasteiger partial charge in [0.05, 0.1) is 6.61 Å². The van der Waals surface area contributed by atoms with Crippen LogP contribution in [-0.2, 0) is 9.53 Å². The van der Waals surface area contributed by atoms with E-state index in [0.717, 1.165) is 6.42 Å². The maximum Gasteiger partial charge on any atom is 0.317 e. The third-order valence-electron chi connectivity index (χ3n) is 3.93. The molecule has 2 atom stereocenters. The summed E-state index contributed by atoms with van der Waals surface area (Å²) in [6, 6.07) is 5.74. The quantitative estimate of drug-likeness (QED) is 0.873. The lowest BCUT2D eigenvalue weighted by Crippen LogP contribution is -2.38. The normalized spacial score (nSPS) is 21.2. The van der Waals surface area contributed by atoms with E-state index in [4.69, 9.17) is 4.74 Å². The average Bonchev–Trinajstić information content (AvgIpc) is 3.03. The lowest BCUT2D eigenvalue weighted by atomic mass is 9.88. The second-order valence-corrected chi connectivity index (χ2v) is 5.42. The van der Waals surface area contributed by atoms with E-state index in [1.165, 1.54) is 17.1 Å². The van der Waals surface area contributed by atoms with Crippen molar-refractivity contribution in [1.82, 2.24) is 14.8 Å². The molecule has 2 aromatic rings. The van der Waals surface area contributed by atoms with Crippen molar-refractivity contribution < 1.29 is 13.9 Å². The highest BCUT2D eigenvalue weighted by molar-refractivity contribution is 5.79. The van der Waals surface area contributed by atoms with Gasteiger partial charge in [-0.15, -0.1) is 0 Å². The molecule has 7 heteroatoms. The third-order valence-corrected chi connectivity index (χ3v) is 3.93. The Balaban J connectivity index is 2.18. The fourth-order valence-corrected chi connectivity index (χ4v) is 2.97. The summed E-state index contributed by atoms with van der Waals surface area (Å²) >= 11 is 0. The first-order chi connectivity index (χ1) is 11.7. The molecule has 0 spiro atoms. The summed E-state index contributed by atoms with van der Waals surface area (Å²) in [6.07, 6.45) is 4.00. The number of allylic oxidation sites excluding steroid dienone is 1.